The van der Waals surface area contributed by atoms with Gasteiger partial charge >= 0.3 is 11.9 Å². The Kier molecular flexibility index (Phi) is 33.8. The largest absolute Gasteiger partial charge is 0.544 e. The number of carboxylic acids is 1. The van der Waals surface area contributed by atoms with Gasteiger partial charge in [-0.15, -0.1) is 0 Å². The summed E-state index contributed by atoms with van der Waals surface area (Å²) in [6.07, 6.45) is 35.1. The molecule has 300 valence electrons. The number of unbranched alkanes of at least 4 members (excludes halogenated alkanes) is 22. The van der Waals surface area contributed by atoms with Crippen LogP contribution in [-0.2, 0) is 28.6 Å². The van der Waals surface area contributed by atoms with Crippen LogP contribution in [0, 0.1) is 0 Å². The normalized spacial score (nSPS) is 13.0. The standard InChI is InChI=1S/C43H81NO7/c1-6-8-10-12-14-16-18-20-21-22-24-26-28-30-32-34-42(46)51-39(37-49-36-35-40(43(47)48)44(3,4)5)38-50-41(45)33-31-29-27-25-23-19-17-15-13-11-9-7-2/h15,17,39-40H,6-14,16,18-38H2,1-5H3/b17-15+. The summed E-state index contributed by atoms with van der Waals surface area (Å²) in [7, 11) is 5.41. The van der Waals surface area contributed by atoms with Crippen molar-refractivity contribution in [2.45, 2.75) is 206 Å². The average Bonchev–Trinajstić information content (AvgIpc) is 3.08. The number of carboxylic acid groups (broad SMARTS) is 1. The number of hydrogen-bond acceptors (Lipinski definition) is 7. The molecule has 0 amide bonds. The van der Waals surface area contributed by atoms with Crippen LogP contribution in [0.4, 0.5) is 0 Å². The second-order valence-corrected chi connectivity index (χ2v) is 15.6. The number of carbonyl (C=O) groups is 3. The Labute approximate surface area is 314 Å². The van der Waals surface area contributed by atoms with Gasteiger partial charge in [0, 0.05) is 19.3 Å². The van der Waals surface area contributed by atoms with Gasteiger partial charge < -0.3 is 28.6 Å². The minimum atomic E-state index is -1.12. The predicted molar refractivity (Wildman–Crippen MR) is 208 cm³/mol. The van der Waals surface area contributed by atoms with Crippen LogP contribution in [0.1, 0.15) is 194 Å². The molecule has 0 heterocycles. The van der Waals surface area contributed by atoms with Crippen molar-refractivity contribution in [3.8, 4) is 0 Å². The van der Waals surface area contributed by atoms with Crippen LogP contribution in [0.2, 0.25) is 0 Å². The summed E-state index contributed by atoms with van der Waals surface area (Å²) in [6.45, 7) is 4.64. The van der Waals surface area contributed by atoms with Gasteiger partial charge in [-0.25, -0.2) is 0 Å². The zero-order valence-electron chi connectivity index (χ0n) is 34.0. The van der Waals surface area contributed by atoms with Crippen LogP contribution in [0.5, 0.6) is 0 Å². The van der Waals surface area contributed by atoms with Gasteiger partial charge in [-0.2, -0.15) is 0 Å². The van der Waals surface area contributed by atoms with Gasteiger partial charge in [0.1, 0.15) is 12.6 Å². The molecule has 0 aromatic heterocycles. The first-order chi connectivity index (χ1) is 24.6. The van der Waals surface area contributed by atoms with Gasteiger partial charge in [0.25, 0.3) is 0 Å². The van der Waals surface area contributed by atoms with Crippen molar-refractivity contribution >= 4 is 17.9 Å². The topological polar surface area (TPSA) is 102 Å². The lowest BCUT2D eigenvalue weighted by molar-refractivity contribution is -0.889. The Hall–Kier alpha value is -1.93. The van der Waals surface area contributed by atoms with Crippen molar-refractivity contribution in [2.24, 2.45) is 0 Å². The van der Waals surface area contributed by atoms with Crippen LogP contribution < -0.4 is 5.11 Å². The summed E-state index contributed by atoms with van der Waals surface area (Å²) in [5, 5.41) is 11.6. The van der Waals surface area contributed by atoms with E-state index >= 15 is 0 Å². The molecule has 2 atom stereocenters. The average molecular weight is 724 g/mol. The molecule has 0 saturated heterocycles. The fourth-order valence-electron chi connectivity index (χ4n) is 6.30. The number of rotatable bonds is 38. The first-order valence-corrected chi connectivity index (χ1v) is 21.2. The maximum Gasteiger partial charge on any atom is 0.306 e. The zero-order valence-corrected chi connectivity index (χ0v) is 34.0. The molecule has 0 N–H and O–H groups in total. The molecule has 0 spiro atoms. The molecule has 0 aliphatic heterocycles. The lowest BCUT2D eigenvalue weighted by atomic mass is 10.0. The van der Waals surface area contributed by atoms with Crippen molar-refractivity contribution in [3.63, 3.8) is 0 Å². The van der Waals surface area contributed by atoms with E-state index < -0.39 is 18.1 Å². The minimum absolute atomic E-state index is 0.0435. The first-order valence-electron chi connectivity index (χ1n) is 21.2. The van der Waals surface area contributed by atoms with E-state index in [-0.39, 0.29) is 42.7 Å². The van der Waals surface area contributed by atoms with Gasteiger partial charge in [-0.3, -0.25) is 9.59 Å². The maximum atomic E-state index is 12.7. The van der Waals surface area contributed by atoms with Crippen molar-refractivity contribution in [3.05, 3.63) is 12.2 Å². The highest BCUT2D eigenvalue weighted by atomic mass is 16.6. The maximum absolute atomic E-state index is 12.7. The molecule has 0 aliphatic carbocycles. The van der Waals surface area contributed by atoms with Crippen LogP contribution in [0.3, 0.4) is 0 Å². The van der Waals surface area contributed by atoms with E-state index in [1.807, 2.05) is 0 Å². The fourth-order valence-corrected chi connectivity index (χ4v) is 6.30. The predicted octanol–water partition coefficient (Wildman–Crippen LogP) is 9.80. The molecular weight excluding hydrogens is 642 g/mol. The summed E-state index contributed by atoms with van der Waals surface area (Å²) in [6, 6.07) is -0.721. The van der Waals surface area contributed by atoms with Crippen molar-refractivity contribution in [2.75, 3.05) is 41.0 Å². The Morgan fingerprint density at radius 1 is 0.569 bits per heavy atom. The number of likely N-dealkylation sites (N-methyl/N-ethyl adjacent to an activating group) is 1. The zero-order chi connectivity index (χ0) is 37.8. The Balaban J connectivity index is 4.35. The van der Waals surface area contributed by atoms with Crippen LogP contribution in [0.15, 0.2) is 12.2 Å². The highest BCUT2D eigenvalue weighted by Crippen LogP contribution is 2.15. The summed E-state index contributed by atoms with van der Waals surface area (Å²) in [4.78, 5) is 36.7. The third-order valence-electron chi connectivity index (χ3n) is 9.65. The van der Waals surface area contributed by atoms with Crippen LogP contribution in [0.25, 0.3) is 0 Å². The molecule has 51 heavy (non-hydrogen) atoms. The van der Waals surface area contributed by atoms with Gasteiger partial charge in [-0.05, 0) is 38.5 Å². The van der Waals surface area contributed by atoms with E-state index in [0.717, 1.165) is 51.4 Å². The van der Waals surface area contributed by atoms with E-state index in [2.05, 4.69) is 26.0 Å². The van der Waals surface area contributed by atoms with Crippen molar-refractivity contribution < 1.29 is 38.2 Å². The second-order valence-electron chi connectivity index (χ2n) is 15.6. The van der Waals surface area contributed by atoms with Crippen molar-refractivity contribution in [1.82, 2.24) is 0 Å². The Bertz CT molecular complexity index is 854. The third-order valence-corrected chi connectivity index (χ3v) is 9.65. The summed E-state index contributed by atoms with van der Waals surface area (Å²) < 4.78 is 17.1. The number of quaternary nitrogens is 1. The van der Waals surface area contributed by atoms with Crippen LogP contribution in [-0.4, -0.2) is 75.5 Å². The number of esters is 2. The fraction of sp³-hybridized carbons (Fsp3) is 0.884. The Morgan fingerprint density at radius 3 is 1.45 bits per heavy atom. The van der Waals surface area contributed by atoms with Gasteiger partial charge in [-0.1, -0.05) is 148 Å². The van der Waals surface area contributed by atoms with E-state index in [0.29, 0.717) is 12.8 Å². The molecule has 0 aromatic rings. The number of allylic oxidation sites excluding steroid dienone is 2. The molecule has 0 fully saturated rings. The number of carbonyl (C=O) groups excluding carboxylic acids is 3. The molecule has 0 radical (unpaired) electrons. The van der Waals surface area contributed by atoms with Gasteiger partial charge in [0.2, 0.25) is 0 Å². The lowest BCUT2D eigenvalue weighted by Gasteiger charge is -2.34. The molecular formula is C43H81NO7. The molecule has 0 aliphatic rings. The Morgan fingerprint density at radius 2 is 0.980 bits per heavy atom. The number of nitrogens with zero attached hydrogens (tertiary/aromatic N) is 1. The molecule has 2 unspecified atom stereocenters. The summed E-state index contributed by atoms with van der Waals surface area (Å²) >= 11 is 0. The third kappa shape index (κ3) is 33.6. The van der Waals surface area contributed by atoms with Gasteiger partial charge in [0.05, 0.1) is 40.3 Å². The number of aliphatic carboxylic acids is 1. The summed E-state index contributed by atoms with van der Waals surface area (Å²) in [5.74, 6) is -1.74. The van der Waals surface area contributed by atoms with E-state index in [9.17, 15) is 19.5 Å². The second kappa shape index (κ2) is 35.1. The SMILES string of the molecule is CCCCC/C=C/CCCCCCCC(=O)OCC(COCCC(C(=O)[O-])[N+](C)(C)C)OC(=O)CCCCCCCCCCCCCCCCC. The molecule has 0 saturated carbocycles. The monoisotopic (exact) mass is 724 g/mol. The number of ether oxygens (including phenoxy) is 3. The van der Waals surface area contributed by atoms with E-state index in [4.69, 9.17) is 14.2 Å². The summed E-state index contributed by atoms with van der Waals surface area (Å²) in [5.41, 5.74) is 0. The highest BCUT2D eigenvalue weighted by molar-refractivity contribution is 5.70. The van der Waals surface area contributed by atoms with E-state index in [1.165, 1.54) is 109 Å². The minimum Gasteiger partial charge on any atom is -0.544 e. The highest BCUT2D eigenvalue weighted by Gasteiger charge is 2.25. The number of hydrogen-bond donors (Lipinski definition) is 0. The molecule has 0 rings (SSSR count). The van der Waals surface area contributed by atoms with E-state index in [1.54, 1.807) is 21.1 Å². The van der Waals surface area contributed by atoms with Gasteiger partial charge in [0.15, 0.2) is 6.10 Å². The van der Waals surface area contributed by atoms with Crippen LogP contribution >= 0.6 is 0 Å². The lowest BCUT2D eigenvalue weighted by Crippen LogP contribution is -2.55. The molecule has 8 nitrogen and oxygen atoms in total. The first kappa shape index (κ1) is 49.1. The smallest absolute Gasteiger partial charge is 0.306 e. The molecule has 0 bridgehead atoms. The molecule has 0 aromatic carbocycles. The quantitative estimate of drug-likeness (QED) is 0.0271. The van der Waals surface area contributed by atoms with Crippen molar-refractivity contribution in [1.29, 1.82) is 0 Å². The molecule has 8 heteroatoms.